The molecule has 0 fully saturated rings. The summed E-state index contributed by atoms with van der Waals surface area (Å²) in [7, 11) is -1.40. The molecule has 0 saturated heterocycles. The zero-order valence-corrected chi connectivity index (χ0v) is 11.5. The molecule has 0 atom stereocenters. The number of aliphatic hydroxyl groups excluding tert-OH is 2. The van der Waals surface area contributed by atoms with Gasteiger partial charge in [-0.2, -0.15) is 17.4 Å². The molecule has 0 saturated carbocycles. The van der Waals surface area contributed by atoms with Gasteiger partial charge in [-0.3, -0.25) is 4.79 Å². The van der Waals surface area contributed by atoms with Gasteiger partial charge in [0, 0.05) is 13.6 Å². The lowest BCUT2D eigenvalue weighted by atomic mass is 10.1. The Bertz CT molecular complexity index is 365. The summed E-state index contributed by atoms with van der Waals surface area (Å²) in [6.07, 6.45) is -0.0805. The van der Waals surface area contributed by atoms with Crippen LogP contribution in [-0.4, -0.2) is 68.4 Å². The Morgan fingerprint density at radius 1 is 1.39 bits per heavy atom. The van der Waals surface area contributed by atoms with Crippen LogP contribution in [0.15, 0.2) is 0 Å². The van der Waals surface area contributed by atoms with E-state index in [9.17, 15) is 13.2 Å². The van der Waals surface area contributed by atoms with Crippen molar-refractivity contribution in [1.29, 1.82) is 0 Å². The van der Waals surface area contributed by atoms with Gasteiger partial charge in [-0.1, -0.05) is 0 Å². The van der Waals surface area contributed by atoms with Crippen molar-refractivity contribution >= 4 is 16.2 Å². The number of hydrogen-bond donors (Lipinski definition) is 3. The van der Waals surface area contributed by atoms with Crippen LogP contribution in [0.2, 0.25) is 0 Å². The molecule has 0 bridgehead atoms. The molecule has 0 aliphatic heterocycles. The first-order valence-electron chi connectivity index (χ1n) is 5.24. The van der Waals surface area contributed by atoms with Gasteiger partial charge in [-0.15, -0.1) is 0 Å². The largest absolute Gasteiger partial charge is 0.469 e. The highest BCUT2D eigenvalue weighted by Crippen LogP contribution is 2.06. The molecular weight excluding hydrogens is 264 g/mol. The van der Waals surface area contributed by atoms with Crippen molar-refractivity contribution in [2.75, 3.05) is 33.9 Å². The van der Waals surface area contributed by atoms with Crippen molar-refractivity contribution in [2.24, 2.45) is 0 Å². The highest BCUT2D eigenvalue weighted by atomic mass is 32.2. The lowest BCUT2D eigenvalue weighted by molar-refractivity contribution is -0.140. The van der Waals surface area contributed by atoms with Crippen LogP contribution in [0.4, 0.5) is 0 Å². The number of nitrogens with one attached hydrogen (secondary N) is 1. The predicted octanol–water partition coefficient (Wildman–Crippen LogP) is -1.94. The molecule has 0 unspecified atom stereocenters. The third-order valence-electron chi connectivity index (χ3n) is 2.34. The van der Waals surface area contributed by atoms with Crippen LogP contribution < -0.4 is 4.72 Å². The fourth-order valence-electron chi connectivity index (χ4n) is 0.975. The van der Waals surface area contributed by atoms with Crippen molar-refractivity contribution in [3.05, 3.63) is 0 Å². The fraction of sp³-hybridized carbons (Fsp3) is 0.889. The second-order valence-corrected chi connectivity index (χ2v) is 5.91. The maximum atomic E-state index is 11.8. The highest BCUT2D eigenvalue weighted by molar-refractivity contribution is 7.87. The first-order chi connectivity index (χ1) is 8.20. The third kappa shape index (κ3) is 5.27. The molecule has 3 N–H and O–H groups in total. The Balaban J connectivity index is 4.58. The van der Waals surface area contributed by atoms with Gasteiger partial charge in [-0.05, 0) is 6.92 Å². The third-order valence-corrected chi connectivity index (χ3v) is 4.10. The molecule has 0 amide bonds. The maximum Gasteiger partial charge on any atom is 0.306 e. The van der Waals surface area contributed by atoms with Gasteiger partial charge in [0.05, 0.1) is 32.3 Å². The van der Waals surface area contributed by atoms with E-state index in [1.54, 1.807) is 0 Å². The SMILES string of the molecule is COC(=O)CCN(C)S(=O)(=O)NC(C)(CO)CO. The van der Waals surface area contributed by atoms with E-state index in [1.165, 1.54) is 21.1 Å². The minimum absolute atomic E-state index is 0.0606. The monoisotopic (exact) mass is 284 g/mol. The Labute approximate surface area is 107 Å². The van der Waals surface area contributed by atoms with Crippen LogP contribution in [0.1, 0.15) is 13.3 Å². The second-order valence-electron chi connectivity index (χ2n) is 4.13. The Morgan fingerprint density at radius 3 is 2.28 bits per heavy atom. The maximum absolute atomic E-state index is 11.8. The minimum atomic E-state index is -3.89. The Kier molecular flexibility index (Phi) is 6.71. The number of nitrogens with zero attached hydrogens (tertiary/aromatic N) is 1. The molecular formula is C9H20N2O6S. The van der Waals surface area contributed by atoms with Gasteiger partial charge < -0.3 is 14.9 Å². The van der Waals surface area contributed by atoms with Gasteiger partial charge in [-0.25, -0.2) is 0 Å². The van der Waals surface area contributed by atoms with E-state index in [2.05, 4.69) is 9.46 Å². The van der Waals surface area contributed by atoms with E-state index in [1.807, 2.05) is 0 Å². The fourth-order valence-corrected chi connectivity index (χ4v) is 2.21. The average molecular weight is 284 g/mol. The predicted molar refractivity (Wildman–Crippen MR) is 63.9 cm³/mol. The van der Waals surface area contributed by atoms with E-state index >= 15 is 0 Å². The molecule has 8 nitrogen and oxygen atoms in total. The molecule has 9 heteroatoms. The molecule has 0 aromatic carbocycles. The normalized spacial score (nSPS) is 12.8. The average Bonchev–Trinajstić information content (AvgIpc) is 2.34. The topological polar surface area (TPSA) is 116 Å². The van der Waals surface area contributed by atoms with Crippen molar-refractivity contribution in [3.63, 3.8) is 0 Å². The number of methoxy groups -OCH3 is 1. The number of carbonyl (C=O) groups is 1. The van der Waals surface area contributed by atoms with Crippen molar-refractivity contribution in [1.82, 2.24) is 9.03 Å². The van der Waals surface area contributed by atoms with Crippen molar-refractivity contribution < 1.29 is 28.2 Å². The van der Waals surface area contributed by atoms with Gasteiger partial charge in [0.1, 0.15) is 0 Å². The van der Waals surface area contributed by atoms with Gasteiger partial charge in [0.25, 0.3) is 10.2 Å². The van der Waals surface area contributed by atoms with Gasteiger partial charge >= 0.3 is 5.97 Å². The lowest BCUT2D eigenvalue weighted by Crippen LogP contribution is -2.55. The van der Waals surface area contributed by atoms with Gasteiger partial charge in [0.15, 0.2) is 0 Å². The van der Waals surface area contributed by atoms with Crippen LogP contribution >= 0.6 is 0 Å². The molecule has 18 heavy (non-hydrogen) atoms. The molecule has 0 spiro atoms. The van der Waals surface area contributed by atoms with Gasteiger partial charge in [0.2, 0.25) is 0 Å². The summed E-state index contributed by atoms with van der Waals surface area (Å²) in [5.41, 5.74) is -1.35. The van der Waals surface area contributed by atoms with E-state index in [0.717, 1.165) is 4.31 Å². The summed E-state index contributed by atoms with van der Waals surface area (Å²) in [6.45, 7) is 0.203. The smallest absolute Gasteiger partial charge is 0.306 e. The zero-order chi connectivity index (χ0) is 14.4. The molecule has 0 heterocycles. The number of esters is 1. The first kappa shape index (κ1) is 17.3. The molecule has 0 aromatic rings. The van der Waals surface area contributed by atoms with Crippen LogP contribution in [0.5, 0.6) is 0 Å². The lowest BCUT2D eigenvalue weighted by Gasteiger charge is -2.28. The second kappa shape index (κ2) is 7.00. The molecule has 0 aliphatic carbocycles. The standard InChI is InChI=1S/C9H20N2O6S/c1-9(6-12,7-13)10-18(15,16)11(2)5-4-8(14)17-3/h10,12-13H,4-7H2,1-3H3. The molecule has 0 radical (unpaired) electrons. The highest BCUT2D eigenvalue weighted by Gasteiger charge is 2.30. The van der Waals surface area contributed by atoms with Crippen LogP contribution in [0, 0.1) is 0 Å². The summed E-state index contributed by atoms with van der Waals surface area (Å²) in [4.78, 5) is 10.9. The molecule has 0 rings (SSSR count). The first-order valence-corrected chi connectivity index (χ1v) is 6.68. The summed E-state index contributed by atoms with van der Waals surface area (Å²) in [5.74, 6) is -0.524. The van der Waals surface area contributed by atoms with E-state index < -0.39 is 34.9 Å². The molecule has 0 aromatic heterocycles. The van der Waals surface area contributed by atoms with E-state index in [-0.39, 0.29) is 13.0 Å². The van der Waals surface area contributed by atoms with E-state index in [4.69, 9.17) is 10.2 Å². The van der Waals surface area contributed by atoms with E-state index in [0.29, 0.717) is 0 Å². The molecule has 0 aliphatic rings. The number of carbonyl (C=O) groups excluding carboxylic acids is 1. The number of hydrogen-bond acceptors (Lipinski definition) is 6. The quantitative estimate of drug-likeness (QED) is 0.447. The Morgan fingerprint density at radius 2 is 1.89 bits per heavy atom. The number of rotatable bonds is 8. The van der Waals surface area contributed by atoms with Crippen LogP contribution in [0.25, 0.3) is 0 Å². The minimum Gasteiger partial charge on any atom is -0.469 e. The van der Waals surface area contributed by atoms with Crippen molar-refractivity contribution in [3.8, 4) is 0 Å². The zero-order valence-electron chi connectivity index (χ0n) is 10.7. The molecule has 108 valence electrons. The van der Waals surface area contributed by atoms with Crippen LogP contribution in [0.3, 0.4) is 0 Å². The number of aliphatic hydroxyl groups is 2. The van der Waals surface area contributed by atoms with Crippen LogP contribution in [-0.2, 0) is 19.7 Å². The number of ether oxygens (including phenoxy) is 1. The summed E-state index contributed by atoms with van der Waals surface area (Å²) < 4.78 is 31.1. The van der Waals surface area contributed by atoms with Crippen molar-refractivity contribution in [2.45, 2.75) is 18.9 Å². The summed E-state index contributed by atoms with van der Waals surface area (Å²) in [6, 6.07) is 0. The summed E-state index contributed by atoms with van der Waals surface area (Å²) in [5, 5.41) is 18.0. The summed E-state index contributed by atoms with van der Waals surface area (Å²) >= 11 is 0. The Hall–Kier alpha value is -0.740.